The maximum absolute atomic E-state index is 6.27. The minimum Gasteiger partial charge on any atom is -0.398 e. The third kappa shape index (κ3) is 2.35. The van der Waals surface area contributed by atoms with Crippen molar-refractivity contribution in [2.45, 2.75) is 0 Å². The van der Waals surface area contributed by atoms with Crippen molar-refractivity contribution < 1.29 is 0 Å². The van der Waals surface area contributed by atoms with Gasteiger partial charge in [0.25, 0.3) is 0 Å². The Kier molecular flexibility index (Phi) is 4.11. The molecule has 18 heavy (non-hydrogen) atoms. The second kappa shape index (κ2) is 5.29. The van der Waals surface area contributed by atoms with Gasteiger partial charge in [-0.15, -0.1) is 0 Å². The van der Waals surface area contributed by atoms with Crippen LogP contribution in [-0.2, 0) is 0 Å². The number of anilines is 2. The summed E-state index contributed by atoms with van der Waals surface area (Å²) in [5.74, 6) is 0. The normalized spacial score (nSPS) is 10.7. The van der Waals surface area contributed by atoms with Gasteiger partial charge in [-0.05, 0) is 44.0 Å². The molecular weight excluding hydrogens is 403 g/mol. The van der Waals surface area contributed by atoms with Crippen molar-refractivity contribution in [2.24, 2.45) is 0 Å². The summed E-state index contributed by atoms with van der Waals surface area (Å²) >= 11 is 19.2. The van der Waals surface area contributed by atoms with Gasteiger partial charge >= 0.3 is 0 Å². The zero-order valence-corrected chi connectivity index (χ0v) is 13.7. The summed E-state index contributed by atoms with van der Waals surface area (Å²) < 4.78 is 1.32. The second-order valence-electron chi connectivity index (χ2n) is 3.66. The molecule has 2 rings (SSSR count). The topological polar surface area (TPSA) is 52.0 Å². The Labute approximate surface area is 132 Å². The van der Waals surface area contributed by atoms with E-state index in [2.05, 4.69) is 31.9 Å². The Morgan fingerprint density at radius 2 is 1.06 bits per heavy atom. The molecule has 0 aliphatic carbocycles. The molecule has 0 radical (unpaired) electrons. The first-order valence-corrected chi connectivity index (χ1v) is 7.25. The maximum Gasteiger partial charge on any atom is 0.0647 e. The van der Waals surface area contributed by atoms with Crippen LogP contribution in [0.2, 0.25) is 10.0 Å². The first-order chi connectivity index (χ1) is 8.43. The quantitative estimate of drug-likeness (QED) is 0.622. The third-order valence-corrected chi connectivity index (χ3v) is 5.46. The summed E-state index contributed by atoms with van der Waals surface area (Å²) in [7, 11) is 0. The molecular formula is C12H8Br2Cl2N2. The van der Waals surface area contributed by atoms with E-state index in [0.29, 0.717) is 30.4 Å². The van der Waals surface area contributed by atoms with Gasteiger partial charge in [-0.25, -0.2) is 0 Å². The predicted molar refractivity (Wildman–Crippen MR) is 86.1 cm³/mol. The number of hydrogen-bond donors (Lipinski definition) is 2. The van der Waals surface area contributed by atoms with Gasteiger partial charge in [-0.1, -0.05) is 35.3 Å². The molecule has 2 nitrogen and oxygen atoms in total. The van der Waals surface area contributed by atoms with Gasteiger partial charge in [0.1, 0.15) is 0 Å². The molecule has 0 saturated heterocycles. The minimum absolute atomic E-state index is 0.522. The molecule has 0 bridgehead atoms. The number of hydrogen-bond acceptors (Lipinski definition) is 2. The van der Waals surface area contributed by atoms with Crippen LogP contribution in [0.3, 0.4) is 0 Å². The summed E-state index contributed by atoms with van der Waals surface area (Å²) in [5.41, 5.74) is 14.3. The molecule has 0 aliphatic rings. The highest BCUT2D eigenvalue weighted by Crippen LogP contribution is 2.43. The summed E-state index contributed by atoms with van der Waals surface area (Å²) in [6.07, 6.45) is 0. The van der Waals surface area contributed by atoms with Crippen molar-refractivity contribution in [3.63, 3.8) is 0 Å². The van der Waals surface area contributed by atoms with E-state index in [1.54, 1.807) is 12.1 Å². The van der Waals surface area contributed by atoms with Crippen molar-refractivity contribution in [1.29, 1.82) is 0 Å². The fraction of sp³-hybridized carbons (Fsp3) is 0. The third-order valence-electron chi connectivity index (χ3n) is 2.51. The molecule has 2 aromatic rings. The van der Waals surface area contributed by atoms with E-state index >= 15 is 0 Å². The molecule has 6 heteroatoms. The number of nitrogens with two attached hydrogens (primary N) is 2. The van der Waals surface area contributed by atoms with E-state index in [4.69, 9.17) is 34.7 Å². The highest BCUT2D eigenvalue weighted by molar-refractivity contribution is 9.11. The molecule has 0 heterocycles. The predicted octanol–water partition coefficient (Wildman–Crippen LogP) is 5.35. The highest BCUT2D eigenvalue weighted by atomic mass is 79.9. The van der Waals surface area contributed by atoms with Crippen molar-refractivity contribution >= 4 is 66.4 Å². The van der Waals surface area contributed by atoms with Crippen LogP contribution >= 0.6 is 55.1 Å². The first-order valence-electron chi connectivity index (χ1n) is 4.90. The zero-order chi connectivity index (χ0) is 13.4. The van der Waals surface area contributed by atoms with Crippen LogP contribution < -0.4 is 11.5 Å². The molecule has 0 aromatic heterocycles. The first kappa shape index (κ1) is 14.0. The van der Waals surface area contributed by atoms with Gasteiger partial charge in [0, 0.05) is 22.5 Å². The molecule has 0 fully saturated rings. The van der Waals surface area contributed by atoms with Crippen LogP contribution in [-0.4, -0.2) is 0 Å². The number of benzene rings is 2. The van der Waals surface area contributed by atoms with Gasteiger partial charge in [0.15, 0.2) is 0 Å². The second-order valence-corrected chi connectivity index (χ2v) is 6.00. The molecule has 2 aromatic carbocycles. The summed E-state index contributed by atoms with van der Waals surface area (Å²) in [4.78, 5) is 0. The Bertz CT molecular complexity index is 574. The molecule has 0 unspecified atom stereocenters. The van der Waals surface area contributed by atoms with Crippen molar-refractivity contribution in [3.8, 4) is 11.1 Å². The molecule has 0 amide bonds. The van der Waals surface area contributed by atoms with Gasteiger partial charge in [0.2, 0.25) is 0 Å². The van der Waals surface area contributed by atoms with Crippen LogP contribution in [0.1, 0.15) is 0 Å². The highest BCUT2D eigenvalue weighted by Gasteiger charge is 2.14. The fourth-order valence-corrected chi connectivity index (χ4v) is 2.78. The van der Waals surface area contributed by atoms with Crippen LogP contribution in [0.5, 0.6) is 0 Å². The Morgan fingerprint density at radius 1 is 0.722 bits per heavy atom. The average molecular weight is 411 g/mol. The van der Waals surface area contributed by atoms with E-state index in [-0.39, 0.29) is 0 Å². The summed E-state index contributed by atoms with van der Waals surface area (Å²) in [6.45, 7) is 0. The molecule has 4 N–H and O–H groups in total. The SMILES string of the molecule is Nc1ccc(-c2ccc(N)c(Br)c2Cl)c(Cl)c1Br. The van der Waals surface area contributed by atoms with Crippen LogP contribution in [0.25, 0.3) is 11.1 Å². The van der Waals surface area contributed by atoms with Crippen LogP contribution in [0.15, 0.2) is 33.2 Å². The van der Waals surface area contributed by atoms with Crippen LogP contribution in [0, 0.1) is 0 Å². The number of halogens is 4. The lowest BCUT2D eigenvalue weighted by Gasteiger charge is -2.12. The lowest BCUT2D eigenvalue weighted by atomic mass is 10.0. The number of nitrogen functional groups attached to an aromatic ring is 2. The van der Waals surface area contributed by atoms with Gasteiger partial charge in [0.05, 0.1) is 19.0 Å². The largest absolute Gasteiger partial charge is 0.398 e. The van der Waals surface area contributed by atoms with E-state index in [9.17, 15) is 0 Å². The molecule has 0 aliphatic heterocycles. The van der Waals surface area contributed by atoms with Crippen LogP contribution in [0.4, 0.5) is 11.4 Å². The molecule has 94 valence electrons. The summed E-state index contributed by atoms with van der Waals surface area (Å²) in [6, 6.07) is 7.19. The maximum atomic E-state index is 6.27. The van der Waals surface area contributed by atoms with E-state index in [1.165, 1.54) is 0 Å². The Morgan fingerprint density at radius 3 is 1.39 bits per heavy atom. The molecule has 0 atom stereocenters. The van der Waals surface area contributed by atoms with E-state index in [1.807, 2.05) is 12.1 Å². The standard InChI is InChI=1S/C12H8Br2Cl2N2/c13-9-7(17)3-1-5(11(9)15)6-2-4-8(18)10(14)12(6)16/h1-4H,17-18H2. The molecule has 0 spiro atoms. The minimum atomic E-state index is 0.522. The van der Waals surface area contributed by atoms with Crippen molar-refractivity contribution in [3.05, 3.63) is 43.3 Å². The smallest absolute Gasteiger partial charge is 0.0647 e. The van der Waals surface area contributed by atoms with Crippen molar-refractivity contribution in [2.75, 3.05) is 11.5 Å². The molecule has 0 saturated carbocycles. The average Bonchev–Trinajstić information content (AvgIpc) is 2.35. The lowest BCUT2D eigenvalue weighted by molar-refractivity contribution is 1.56. The van der Waals surface area contributed by atoms with E-state index in [0.717, 1.165) is 11.1 Å². The van der Waals surface area contributed by atoms with Gasteiger partial charge in [-0.2, -0.15) is 0 Å². The lowest BCUT2D eigenvalue weighted by Crippen LogP contribution is -1.92. The van der Waals surface area contributed by atoms with Crippen molar-refractivity contribution in [1.82, 2.24) is 0 Å². The monoisotopic (exact) mass is 408 g/mol. The zero-order valence-electron chi connectivity index (χ0n) is 8.98. The number of rotatable bonds is 1. The van der Waals surface area contributed by atoms with Gasteiger partial charge < -0.3 is 11.5 Å². The van der Waals surface area contributed by atoms with E-state index < -0.39 is 0 Å². The van der Waals surface area contributed by atoms with Gasteiger partial charge in [-0.3, -0.25) is 0 Å². The Balaban J connectivity index is 2.71. The summed E-state index contributed by atoms with van der Waals surface area (Å²) in [5, 5.41) is 1.04. The Hall–Kier alpha value is -0.420. The fourth-order valence-electron chi connectivity index (χ4n) is 1.54.